The van der Waals surface area contributed by atoms with Gasteiger partial charge in [-0.2, -0.15) is 4.98 Å². The fourth-order valence-corrected chi connectivity index (χ4v) is 2.93. The van der Waals surface area contributed by atoms with Crippen molar-refractivity contribution in [1.82, 2.24) is 14.8 Å². The van der Waals surface area contributed by atoms with Crippen LogP contribution in [0.4, 0.5) is 5.69 Å². The fraction of sp³-hybridized carbons (Fsp3) is 0.174. The van der Waals surface area contributed by atoms with E-state index < -0.39 is 0 Å². The lowest BCUT2D eigenvalue weighted by atomic mass is 10.1. The molecule has 8 nitrogen and oxygen atoms in total. The van der Waals surface area contributed by atoms with Crippen molar-refractivity contribution in [3.8, 4) is 23.1 Å². The van der Waals surface area contributed by atoms with Gasteiger partial charge in [-0.25, -0.2) is 4.68 Å². The summed E-state index contributed by atoms with van der Waals surface area (Å²) in [5.74, 6) is 0.590. The molecule has 2 aromatic heterocycles. The third-order valence-corrected chi connectivity index (χ3v) is 4.53. The number of hydrogen-bond acceptors (Lipinski definition) is 6. The average molecular weight is 418 g/mol. The zero-order valence-corrected chi connectivity index (χ0v) is 17.2. The van der Waals surface area contributed by atoms with E-state index in [2.05, 4.69) is 15.4 Å². The lowest BCUT2D eigenvalue weighted by Crippen LogP contribution is -2.10. The van der Waals surface area contributed by atoms with Crippen molar-refractivity contribution in [2.75, 3.05) is 25.6 Å². The summed E-state index contributed by atoms with van der Waals surface area (Å²) in [6.07, 6.45) is 1.46. The van der Waals surface area contributed by atoms with Crippen molar-refractivity contribution in [1.29, 1.82) is 0 Å². The van der Waals surface area contributed by atoms with Crippen LogP contribution in [0, 0.1) is 6.92 Å². The van der Waals surface area contributed by atoms with Crippen LogP contribution in [0.25, 0.3) is 17.1 Å². The maximum atomic E-state index is 12.2. The molecule has 0 radical (unpaired) electrons. The summed E-state index contributed by atoms with van der Waals surface area (Å²) >= 11 is 0. The summed E-state index contributed by atoms with van der Waals surface area (Å²) < 4.78 is 17.5. The second-order valence-electron chi connectivity index (χ2n) is 6.82. The quantitative estimate of drug-likeness (QED) is 0.433. The number of aryl methyl sites for hydroxylation is 1. The topological polar surface area (TPSA) is 91.4 Å². The van der Waals surface area contributed by atoms with Crippen LogP contribution in [0.2, 0.25) is 0 Å². The van der Waals surface area contributed by atoms with Crippen LogP contribution >= 0.6 is 0 Å². The van der Waals surface area contributed by atoms with Gasteiger partial charge in [0.05, 0.1) is 18.6 Å². The molecule has 4 aromatic rings. The number of rotatable bonds is 8. The molecule has 0 spiro atoms. The van der Waals surface area contributed by atoms with Crippen LogP contribution in [0.15, 0.2) is 71.3 Å². The van der Waals surface area contributed by atoms with E-state index in [9.17, 15) is 4.79 Å². The lowest BCUT2D eigenvalue weighted by Gasteiger charge is -2.08. The molecule has 0 aliphatic rings. The Hall–Kier alpha value is -3.91. The zero-order chi connectivity index (χ0) is 21.6. The molecule has 1 amide bonds. The molecule has 1 N–H and O–H groups in total. The number of amides is 1. The maximum absolute atomic E-state index is 12.2. The molecule has 8 heteroatoms. The molecule has 0 unspecified atom stereocenters. The lowest BCUT2D eigenvalue weighted by molar-refractivity contribution is 0.0996. The number of methoxy groups -OCH3 is 1. The first-order chi connectivity index (χ1) is 15.1. The summed E-state index contributed by atoms with van der Waals surface area (Å²) in [6, 6.07) is 18.9. The third-order valence-electron chi connectivity index (χ3n) is 4.53. The Morgan fingerprint density at radius 1 is 1.06 bits per heavy atom. The smallest absolute Gasteiger partial charge is 0.336 e. The highest BCUT2D eigenvalue weighted by Crippen LogP contribution is 2.25. The van der Waals surface area contributed by atoms with Gasteiger partial charge >= 0.3 is 6.01 Å². The van der Waals surface area contributed by atoms with Gasteiger partial charge in [0.15, 0.2) is 11.6 Å². The molecule has 2 heterocycles. The van der Waals surface area contributed by atoms with E-state index in [1.807, 2.05) is 43.3 Å². The summed E-state index contributed by atoms with van der Waals surface area (Å²) in [6.45, 7) is 2.83. The molecule has 0 atom stereocenters. The molecular formula is C23H22N4O4. The van der Waals surface area contributed by atoms with E-state index in [1.165, 1.54) is 6.26 Å². The summed E-state index contributed by atoms with van der Waals surface area (Å²) in [5, 5.41) is 7.31. The second kappa shape index (κ2) is 9.27. The summed E-state index contributed by atoms with van der Waals surface area (Å²) in [4.78, 5) is 16.7. The highest BCUT2D eigenvalue weighted by molar-refractivity contribution is 6.02. The standard InChI is InChI=1S/C23H22N4O4/c1-16-5-7-17(8-6-16)21-25-23(31-15-14-29-2)26-27(21)19-11-9-18(10-12-19)24-22(28)20-4-3-13-30-20/h3-13H,14-15H2,1-2H3,(H,24,28). The molecule has 4 rings (SSSR count). The summed E-state index contributed by atoms with van der Waals surface area (Å²) in [7, 11) is 1.61. The molecule has 0 aliphatic heterocycles. The Bertz CT molecular complexity index is 1130. The van der Waals surface area contributed by atoms with Crippen LogP contribution in [0.1, 0.15) is 16.1 Å². The second-order valence-corrected chi connectivity index (χ2v) is 6.82. The average Bonchev–Trinajstić information content (AvgIpc) is 3.46. The number of anilines is 1. The first-order valence-corrected chi connectivity index (χ1v) is 9.75. The Morgan fingerprint density at radius 2 is 1.84 bits per heavy atom. The van der Waals surface area contributed by atoms with Crippen molar-refractivity contribution in [2.24, 2.45) is 0 Å². The van der Waals surface area contributed by atoms with Gasteiger partial charge in [-0.05, 0) is 43.3 Å². The predicted octanol–water partition coefficient (Wildman–Crippen LogP) is 4.11. The highest BCUT2D eigenvalue weighted by atomic mass is 16.5. The first-order valence-electron chi connectivity index (χ1n) is 9.75. The van der Waals surface area contributed by atoms with Gasteiger partial charge in [-0.3, -0.25) is 4.79 Å². The number of nitrogens with zero attached hydrogens (tertiary/aromatic N) is 3. The Labute approximate surface area is 179 Å². The minimum absolute atomic E-state index is 0.250. The van der Waals surface area contributed by atoms with Crippen LogP contribution in [-0.2, 0) is 4.74 Å². The van der Waals surface area contributed by atoms with Crippen LogP contribution in [0.5, 0.6) is 6.01 Å². The van der Waals surface area contributed by atoms with Gasteiger partial charge in [0.25, 0.3) is 5.91 Å². The van der Waals surface area contributed by atoms with Crippen LogP contribution in [0.3, 0.4) is 0 Å². The molecule has 0 bridgehead atoms. The van der Waals surface area contributed by atoms with Crippen molar-refractivity contribution in [2.45, 2.75) is 6.92 Å². The number of furan rings is 1. The molecule has 31 heavy (non-hydrogen) atoms. The van der Waals surface area contributed by atoms with E-state index in [0.29, 0.717) is 24.7 Å². The van der Waals surface area contributed by atoms with Gasteiger partial charge in [-0.15, -0.1) is 5.10 Å². The van der Waals surface area contributed by atoms with Crippen molar-refractivity contribution in [3.05, 3.63) is 78.3 Å². The molecule has 0 saturated carbocycles. The zero-order valence-electron chi connectivity index (χ0n) is 17.2. The van der Waals surface area contributed by atoms with E-state index in [-0.39, 0.29) is 17.7 Å². The fourth-order valence-electron chi connectivity index (χ4n) is 2.93. The number of benzene rings is 2. The largest absolute Gasteiger partial charge is 0.460 e. The van der Waals surface area contributed by atoms with E-state index in [4.69, 9.17) is 13.9 Å². The number of hydrogen-bond donors (Lipinski definition) is 1. The molecule has 2 aromatic carbocycles. The minimum Gasteiger partial charge on any atom is -0.460 e. The van der Waals surface area contributed by atoms with Crippen molar-refractivity contribution in [3.63, 3.8) is 0 Å². The molecule has 158 valence electrons. The van der Waals surface area contributed by atoms with Crippen molar-refractivity contribution < 1.29 is 18.7 Å². The van der Waals surface area contributed by atoms with Crippen LogP contribution < -0.4 is 10.1 Å². The molecule has 0 fully saturated rings. The Morgan fingerprint density at radius 3 is 2.52 bits per heavy atom. The normalized spacial score (nSPS) is 10.8. The minimum atomic E-state index is -0.312. The van der Waals surface area contributed by atoms with Gasteiger partial charge in [-0.1, -0.05) is 29.8 Å². The first kappa shape index (κ1) is 20.4. The SMILES string of the molecule is COCCOc1nc(-c2ccc(C)cc2)n(-c2ccc(NC(=O)c3ccco3)cc2)n1. The Kier molecular flexibility index (Phi) is 6.09. The predicted molar refractivity (Wildman–Crippen MR) is 116 cm³/mol. The van der Waals surface area contributed by atoms with E-state index in [1.54, 1.807) is 36.1 Å². The van der Waals surface area contributed by atoms with E-state index in [0.717, 1.165) is 16.8 Å². The van der Waals surface area contributed by atoms with Gasteiger partial charge in [0.2, 0.25) is 0 Å². The molecule has 0 saturated heterocycles. The van der Waals surface area contributed by atoms with Gasteiger partial charge < -0.3 is 19.2 Å². The van der Waals surface area contributed by atoms with Gasteiger partial charge in [0.1, 0.15) is 6.61 Å². The van der Waals surface area contributed by atoms with Gasteiger partial charge in [0, 0.05) is 18.4 Å². The number of carbonyl (C=O) groups is 1. The Balaban J connectivity index is 1.60. The monoisotopic (exact) mass is 418 g/mol. The number of nitrogens with one attached hydrogen (secondary N) is 1. The van der Waals surface area contributed by atoms with Crippen LogP contribution in [-0.4, -0.2) is 41.0 Å². The number of aromatic nitrogens is 3. The molecular weight excluding hydrogens is 396 g/mol. The molecule has 0 aliphatic carbocycles. The maximum Gasteiger partial charge on any atom is 0.336 e. The highest BCUT2D eigenvalue weighted by Gasteiger charge is 2.15. The van der Waals surface area contributed by atoms with Crippen molar-refractivity contribution >= 4 is 11.6 Å². The number of carbonyl (C=O) groups excluding carboxylic acids is 1. The third kappa shape index (κ3) is 4.81. The van der Waals surface area contributed by atoms with E-state index >= 15 is 0 Å². The summed E-state index contributed by atoms with van der Waals surface area (Å²) in [5.41, 5.74) is 3.48. The number of ether oxygens (including phenoxy) is 2.